The van der Waals surface area contributed by atoms with E-state index in [9.17, 15) is 26.4 Å². The summed E-state index contributed by atoms with van der Waals surface area (Å²) in [5.74, 6) is 0. The number of anilines is 2. The molecule has 3 aromatic carbocycles. The van der Waals surface area contributed by atoms with Gasteiger partial charge in [0.15, 0.2) is 0 Å². The Morgan fingerprint density at radius 1 is 0.642 bits per heavy atom. The van der Waals surface area contributed by atoms with Crippen molar-refractivity contribution in [2.45, 2.75) is 60.8 Å². The smallest absolute Gasteiger partial charge is 0.414 e. The molecule has 4 aliphatic rings. The number of hydrogen-bond acceptors (Lipinski definition) is 10. The molecule has 13 nitrogen and oxygen atoms in total. The van der Waals surface area contributed by atoms with Gasteiger partial charge in [-0.05, 0) is 67.5 Å². The van der Waals surface area contributed by atoms with E-state index in [0.717, 1.165) is 22.5 Å². The Labute approximate surface area is 312 Å². The van der Waals surface area contributed by atoms with Gasteiger partial charge >= 0.3 is 12.2 Å². The van der Waals surface area contributed by atoms with Gasteiger partial charge in [0.2, 0.25) is 20.0 Å². The van der Waals surface area contributed by atoms with Crippen LogP contribution in [0, 0.1) is 11.3 Å². The maximum absolute atomic E-state index is 12.9. The number of fused-ring (bicyclic) bond motifs is 2. The second kappa shape index (κ2) is 15.3. The molecule has 5 heterocycles. The minimum Gasteiger partial charge on any atom is -0.444 e. The zero-order valence-corrected chi connectivity index (χ0v) is 31.1. The molecule has 0 spiro atoms. The Morgan fingerprint density at radius 2 is 1.13 bits per heavy atom. The maximum Gasteiger partial charge on any atom is 0.414 e. The van der Waals surface area contributed by atoms with Crippen LogP contribution in [0.15, 0.2) is 99.4 Å². The fourth-order valence-corrected chi connectivity index (χ4v) is 11.1. The molecular formula is C37H37N5O8S3. The zero-order chi connectivity index (χ0) is 37.2. The lowest BCUT2D eigenvalue weighted by Crippen LogP contribution is -2.50. The van der Waals surface area contributed by atoms with Crippen LogP contribution in [0.25, 0.3) is 0 Å². The summed E-state index contributed by atoms with van der Waals surface area (Å²) in [7, 11) is -7.11. The first-order valence-electron chi connectivity index (χ1n) is 17.2. The molecule has 0 atom stereocenters. The summed E-state index contributed by atoms with van der Waals surface area (Å²) >= 11 is 1.37. The van der Waals surface area contributed by atoms with Gasteiger partial charge in [0.25, 0.3) is 0 Å². The monoisotopic (exact) mass is 775 g/mol. The zero-order valence-electron chi connectivity index (χ0n) is 28.6. The number of thiophene rings is 1. The van der Waals surface area contributed by atoms with Gasteiger partial charge in [0.1, 0.15) is 13.2 Å². The molecular weight excluding hydrogens is 739 g/mol. The number of para-hydroxylation sites is 2. The SMILES string of the molecule is N#Cc1cccc(S(=O)(=O)N2CCC(N3C(=O)OCc4ccccc43)CC2)c1.O=C1OCc2ccccc2N1C1CCN(S(=O)(=O)c2ccsc2)CC1. The summed E-state index contributed by atoms with van der Waals surface area (Å²) < 4.78 is 64.6. The van der Waals surface area contributed by atoms with Crippen LogP contribution >= 0.6 is 11.3 Å². The highest BCUT2D eigenvalue weighted by Crippen LogP contribution is 2.34. The van der Waals surface area contributed by atoms with Crippen molar-refractivity contribution < 1.29 is 35.9 Å². The van der Waals surface area contributed by atoms with Crippen molar-refractivity contribution in [3.05, 3.63) is 106 Å². The van der Waals surface area contributed by atoms with Crippen LogP contribution < -0.4 is 9.80 Å². The van der Waals surface area contributed by atoms with E-state index in [1.165, 1.54) is 32.1 Å². The molecule has 0 saturated carbocycles. The molecule has 1 aromatic heterocycles. The number of ether oxygens (including phenoxy) is 2. The molecule has 0 unspecified atom stereocenters. The molecule has 2 saturated heterocycles. The van der Waals surface area contributed by atoms with Crippen LogP contribution in [-0.4, -0.2) is 75.9 Å². The number of benzene rings is 3. The minimum atomic E-state index is -3.68. The van der Waals surface area contributed by atoms with Gasteiger partial charge in [-0.2, -0.15) is 25.2 Å². The molecule has 2 amide bonds. The fourth-order valence-electron chi connectivity index (χ4n) is 7.15. The Morgan fingerprint density at radius 3 is 1.60 bits per heavy atom. The molecule has 53 heavy (non-hydrogen) atoms. The van der Waals surface area contributed by atoms with Crippen LogP contribution in [0.2, 0.25) is 0 Å². The molecule has 0 aliphatic carbocycles. The lowest BCUT2D eigenvalue weighted by Gasteiger charge is -2.39. The van der Waals surface area contributed by atoms with Gasteiger partial charge < -0.3 is 9.47 Å². The highest BCUT2D eigenvalue weighted by molar-refractivity contribution is 7.89. The summed E-state index contributed by atoms with van der Waals surface area (Å²) in [6.45, 7) is 1.94. The second-order valence-corrected chi connectivity index (χ2v) is 17.6. The van der Waals surface area contributed by atoms with Crippen molar-refractivity contribution in [3.8, 4) is 6.07 Å². The molecule has 8 rings (SSSR count). The van der Waals surface area contributed by atoms with E-state index in [2.05, 4.69) is 0 Å². The number of cyclic esters (lactones) is 2. The number of rotatable bonds is 6. The van der Waals surface area contributed by atoms with Gasteiger partial charge in [0.05, 0.1) is 32.8 Å². The lowest BCUT2D eigenvalue weighted by molar-refractivity contribution is 0.135. The van der Waals surface area contributed by atoms with Crippen molar-refractivity contribution in [3.63, 3.8) is 0 Å². The summed E-state index contributed by atoms with van der Waals surface area (Å²) in [5, 5.41) is 12.4. The summed E-state index contributed by atoms with van der Waals surface area (Å²) in [5.41, 5.74) is 3.95. The van der Waals surface area contributed by atoms with Crippen LogP contribution in [0.5, 0.6) is 0 Å². The van der Waals surface area contributed by atoms with E-state index in [-0.39, 0.29) is 42.4 Å². The van der Waals surface area contributed by atoms with E-state index in [1.54, 1.807) is 38.8 Å². The quantitative estimate of drug-likeness (QED) is 0.232. The van der Waals surface area contributed by atoms with Crippen molar-refractivity contribution >= 4 is 54.9 Å². The third-order valence-electron chi connectivity index (χ3n) is 9.91. The lowest BCUT2D eigenvalue weighted by atomic mass is 10.0. The Kier molecular flexibility index (Phi) is 10.5. The van der Waals surface area contributed by atoms with E-state index >= 15 is 0 Å². The van der Waals surface area contributed by atoms with E-state index in [4.69, 9.17) is 14.7 Å². The summed E-state index contributed by atoms with van der Waals surface area (Å²) in [4.78, 5) is 28.5. The first-order valence-corrected chi connectivity index (χ1v) is 21.0. The predicted molar refractivity (Wildman–Crippen MR) is 197 cm³/mol. The topological polar surface area (TPSA) is 158 Å². The Hall–Kier alpha value is -4.79. The average molecular weight is 776 g/mol. The van der Waals surface area contributed by atoms with Gasteiger partial charge in [0, 0.05) is 54.8 Å². The molecule has 0 radical (unpaired) electrons. The number of hydrogen-bond donors (Lipinski definition) is 0. The number of piperidine rings is 2. The highest BCUT2D eigenvalue weighted by Gasteiger charge is 2.38. The molecule has 4 aromatic rings. The molecule has 0 bridgehead atoms. The number of carbonyl (C=O) groups excluding carboxylic acids is 2. The average Bonchev–Trinajstić information content (AvgIpc) is 3.75. The van der Waals surface area contributed by atoms with Crippen molar-refractivity contribution in [2.24, 2.45) is 0 Å². The van der Waals surface area contributed by atoms with E-state index < -0.39 is 20.0 Å². The highest BCUT2D eigenvalue weighted by atomic mass is 32.2. The number of nitrogens with zero attached hydrogens (tertiary/aromatic N) is 5. The number of sulfonamides is 2. The molecule has 16 heteroatoms. The van der Waals surface area contributed by atoms with Crippen molar-refractivity contribution in [1.29, 1.82) is 5.26 Å². The maximum atomic E-state index is 12.9. The van der Waals surface area contributed by atoms with Gasteiger partial charge in [-0.25, -0.2) is 26.4 Å². The standard InChI is InChI=1S/C20H19N3O4S.C17H18N2O4S2/c21-13-15-4-3-6-18(12-15)28(25,26)22-10-8-17(9-11-22)23-19-7-2-1-5-16(19)14-27-20(23)24;20-17-19(16-4-2-1-3-13(16)11-23-17)14-5-8-18(9-6-14)25(21,22)15-7-10-24-12-15/h1-7,12,17H,8-11,14H2;1-4,7,10,12,14H,5-6,8-9,11H2. The van der Waals surface area contributed by atoms with Gasteiger partial charge in [-0.15, -0.1) is 0 Å². The third-order valence-corrected chi connectivity index (χ3v) is 14.5. The molecule has 2 fully saturated rings. The summed E-state index contributed by atoms with van der Waals surface area (Å²) in [6.07, 6.45) is 1.47. The largest absolute Gasteiger partial charge is 0.444 e. The van der Waals surface area contributed by atoms with Crippen LogP contribution in [0.1, 0.15) is 42.4 Å². The molecule has 276 valence electrons. The van der Waals surface area contributed by atoms with Crippen molar-refractivity contribution in [1.82, 2.24) is 8.61 Å². The number of nitriles is 1. The van der Waals surface area contributed by atoms with Crippen LogP contribution in [0.3, 0.4) is 0 Å². The predicted octanol–water partition coefficient (Wildman–Crippen LogP) is 5.93. The molecule has 0 N–H and O–H groups in total. The normalized spacial score (nSPS) is 18.8. The summed E-state index contributed by atoms with van der Waals surface area (Å²) in [6, 6.07) is 24.8. The van der Waals surface area contributed by atoms with Crippen molar-refractivity contribution in [2.75, 3.05) is 36.0 Å². The number of carbonyl (C=O) groups is 2. The second-order valence-electron chi connectivity index (χ2n) is 13.0. The van der Waals surface area contributed by atoms with Gasteiger partial charge in [-0.1, -0.05) is 42.5 Å². The Balaban J connectivity index is 0.000000165. The first-order chi connectivity index (χ1) is 25.6. The minimum absolute atomic E-state index is 0.0529. The van der Waals surface area contributed by atoms with Crippen LogP contribution in [-0.2, 0) is 42.7 Å². The third kappa shape index (κ3) is 7.40. The first kappa shape index (κ1) is 36.6. The Bertz CT molecular complexity index is 2240. The van der Waals surface area contributed by atoms with Crippen LogP contribution in [0.4, 0.5) is 21.0 Å². The van der Waals surface area contributed by atoms with Gasteiger partial charge in [-0.3, -0.25) is 9.80 Å². The molecule has 4 aliphatic heterocycles. The van der Waals surface area contributed by atoms with E-state index in [1.807, 2.05) is 54.6 Å². The van der Waals surface area contributed by atoms with E-state index in [0.29, 0.717) is 62.3 Å². The fraction of sp³-hybridized carbons (Fsp3) is 0.324. The number of amides is 2.